The fourth-order valence-electron chi connectivity index (χ4n) is 1.38. The number of hydrogen-bond donors (Lipinski definition) is 2. The molecule has 4 heteroatoms. The molecule has 88 valence electrons. The average molecular weight is 225 g/mol. The minimum atomic E-state index is -0.437. The second-order valence-corrected chi connectivity index (χ2v) is 3.72. The summed E-state index contributed by atoms with van der Waals surface area (Å²) in [7, 11) is 0. The van der Waals surface area contributed by atoms with E-state index in [1.54, 1.807) is 13.0 Å². The Hall–Kier alpha value is -1.42. The van der Waals surface area contributed by atoms with Crippen molar-refractivity contribution in [1.29, 1.82) is 0 Å². The zero-order valence-corrected chi connectivity index (χ0v) is 9.46. The van der Waals surface area contributed by atoms with Crippen LogP contribution in [-0.2, 0) is 0 Å². The van der Waals surface area contributed by atoms with Gasteiger partial charge in [0.1, 0.15) is 5.82 Å². The highest BCUT2D eigenvalue weighted by atomic mass is 19.1. The standard InChI is InChI=1S/C12H16FNO2/c1-3-10(7-15)14-12(16)11-6-9(13)5-4-8(11)2/h4-6,10,15H,3,7H2,1-2H3,(H,14,16)/t10-/m1/s1. The Morgan fingerprint density at radius 3 is 2.81 bits per heavy atom. The highest BCUT2D eigenvalue weighted by molar-refractivity contribution is 5.95. The molecule has 1 atom stereocenters. The molecule has 1 rings (SSSR count). The monoisotopic (exact) mass is 225 g/mol. The number of halogens is 1. The van der Waals surface area contributed by atoms with Gasteiger partial charge < -0.3 is 10.4 Å². The Morgan fingerprint density at radius 2 is 2.25 bits per heavy atom. The molecule has 1 amide bonds. The van der Waals surface area contributed by atoms with Gasteiger partial charge in [0.25, 0.3) is 5.91 Å². The van der Waals surface area contributed by atoms with Crippen molar-refractivity contribution in [3.05, 3.63) is 35.1 Å². The lowest BCUT2D eigenvalue weighted by molar-refractivity contribution is 0.0914. The first-order valence-electron chi connectivity index (χ1n) is 5.26. The van der Waals surface area contributed by atoms with E-state index < -0.39 is 5.82 Å². The molecule has 1 aromatic carbocycles. The zero-order chi connectivity index (χ0) is 12.1. The van der Waals surface area contributed by atoms with Gasteiger partial charge in [0.2, 0.25) is 0 Å². The van der Waals surface area contributed by atoms with E-state index in [1.165, 1.54) is 12.1 Å². The first kappa shape index (κ1) is 12.6. The van der Waals surface area contributed by atoms with E-state index in [9.17, 15) is 9.18 Å². The molecule has 1 aromatic rings. The number of hydrogen-bond acceptors (Lipinski definition) is 2. The van der Waals surface area contributed by atoms with Gasteiger partial charge in [-0.2, -0.15) is 0 Å². The van der Waals surface area contributed by atoms with E-state index in [1.807, 2.05) is 6.92 Å². The Morgan fingerprint density at radius 1 is 1.56 bits per heavy atom. The van der Waals surface area contributed by atoms with Gasteiger partial charge >= 0.3 is 0 Å². The van der Waals surface area contributed by atoms with Gasteiger partial charge in [0.15, 0.2) is 0 Å². The van der Waals surface area contributed by atoms with Crippen LogP contribution in [0.25, 0.3) is 0 Å². The number of carbonyl (C=O) groups is 1. The summed E-state index contributed by atoms with van der Waals surface area (Å²) in [6.45, 7) is 3.49. The first-order valence-corrected chi connectivity index (χ1v) is 5.26. The number of benzene rings is 1. The molecule has 2 N–H and O–H groups in total. The molecule has 0 radical (unpaired) electrons. The van der Waals surface area contributed by atoms with Crippen molar-refractivity contribution >= 4 is 5.91 Å². The molecule has 16 heavy (non-hydrogen) atoms. The SMILES string of the molecule is CC[C@H](CO)NC(=O)c1cc(F)ccc1C. The molecule has 0 saturated carbocycles. The molecule has 0 aliphatic carbocycles. The predicted octanol–water partition coefficient (Wildman–Crippen LogP) is 1.63. The third-order valence-electron chi connectivity index (χ3n) is 2.49. The van der Waals surface area contributed by atoms with Crippen molar-refractivity contribution in [3.63, 3.8) is 0 Å². The molecule has 0 aromatic heterocycles. The number of aryl methyl sites for hydroxylation is 1. The van der Waals surface area contributed by atoms with Crippen molar-refractivity contribution in [2.24, 2.45) is 0 Å². The lowest BCUT2D eigenvalue weighted by atomic mass is 10.1. The van der Waals surface area contributed by atoms with Gasteiger partial charge in [-0.1, -0.05) is 13.0 Å². The third kappa shape index (κ3) is 3.03. The second-order valence-electron chi connectivity index (χ2n) is 3.72. The summed E-state index contributed by atoms with van der Waals surface area (Å²) >= 11 is 0. The summed E-state index contributed by atoms with van der Waals surface area (Å²) in [5.41, 5.74) is 1.03. The smallest absolute Gasteiger partial charge is 0.251 e. The van der Waals surface area contributed by atoms with Crippen LogP contribution < -0.4 is 5.32 Å². The number of amides is 1. The van der Waals surface area contributed by atoms with Crippen molar-refractivity contribution in [1.82, 2.24) is 5.32 Å². The maximum Gasteiger partial charge on any atom is 0.251 e. The summed E-state index contributed by atoms with van der Waals surface area (Å²) in [5, 5.41) is 11.6. The van der Waals surface area contributed by atoms with E-state index >= 15 is 0 Å². The average Bonchev–Trinajstić information content (AvgIpc) is 2.28. The van der Waals surface area contributed by atoms with E-state index in [0.717, 1.165) is 0 Å². The fourth-order valence-corrected chi connectivity index (χ4v) is 1.38. The van der Waals surface area contributed by atoms with Crippen molar-refractivity contribution in [2.45, 2.75) is 26.3 Å². The van der Waals surface area contributed by atoms with Crippen LogP contribution in [0.4, 0.5) is 4.39 Å². The quantitative estimate of drug-likeness (QED) is 0.818. The normalized spacial score (nSPS) is 12.2. The maximum absolute atomic E-state index is 13.0. The van der Waals surface area contributed by atoms with Gasteiger partial charge in [-0.3, -0.25) is 4.79 Å². The predicted molar refractivity (Wildman–Crippen MR) is 59.8 cm³/mol. The van der Waals surface area contributed by atoms with Crippen molar-refractivity contribution < 1.29 is 14.3 Å². The van der Waals surface area contributed by atoms with Gasteiger partial charge in [-0.05, 0) is 31.0 Å². The Labute approximate surface area is 94.3 Å². The van der Waals surface area contributed by atoms with Crippen LogP contribution in [0.2, 0.25) is 0 Å². The van der Waals surface area contributed by atoms with E-state index in [2.05, 4.69) is 5.32 Å². The van der Waals surface area contributed by atoms with Crippen molar-refractivity contribution in [3.8, 4) is 0 Å². The summed E-state index contributed by atoms with van der Waals surface area (Å²) in [6.07, 6.45) is 0.636. The van der Waals surface area contributed by atoms with Crippen LogP contribution in [0.15, 0.2) is 18.2 Å². The minimum absolute atomic E-state index is 0.114. The van der Waals surface area contributed by atoms with E-state index in [-0.39, 0.29) is 18.6 Å². The number of aliphatic hydroxyl groups is 1. The van der Waals surface area contributed by atoms with Gasteiger partial charge in [-0.15, -0.1) is 0 Å². The van der Waals surface area contributed by atoms with Gasteiger partial charge in [0.05, 0.1) is 12.6 Å². The van der Waals surface area contributed by atoms with Crippen LogP contribution in [-0.4, -0.2) is 23.7 Å². The highest BCUT2D eigenvalue weighted by Crippen LogP contribution is 2.10. The van der Waals surface area contributed by atoms with Crippen LogP contribution in [0.5, 0.6) is 0 Å². The van der Waals surface area contributed by atoms with Gasteiger partial charge in [-0.25, -0.2) is 4.39 Å². The molecule has 0 spiro atoms. The second kappa shape index (κ2) is 5.61. The van der Waals surface area contributed by atoms with Crippen LogP contribution in [0, 0.1) is 12.7 Å². The minimum Gasteiger partial charge on any atom is -0.394 e. The lowest BCUT2D eigenvalue weighted by Crippen LogP contribution is -2.37. The first-order chi connectivity index (χ1) is 7.58. The number of rotatable bonds is 4. The lowest BCUT2D eigenvalue weighted by Gasteiger charge is -2.14. The molecular formula is C12H16FNO2. The summed E-state index contributed by atoms with van der Waals surface area (Å²) in [4.78, 5) is 11.8. The maximum atomic E-state index is 13.0. The Bertz CT molecular complexity index is 375. The summed E-state index contributed by atoms with van der Waals surface area (Å²) < 4.78 is 13.0. The third-order valence-corrected chi connectivity index (χ3v) is 2.49. The molecule has 0 heterocycles. The van der Waals surface area contributed by atoms with E-state index in [4.69, 9.17) is 5.11 Å². The largest absolute Gasteiger partial charge is 0.394 e. The summed E-state index contributed by atoms with van der Waals surface area (Å²) in [5.74, 6) is -0.786. The fraction of sp³-hybridized carbons (Fsp3) is 0.417. The molecule has 0 fully saturated rings. The Balaban J connectivity index is 2.83. The van der Waals surface area contributed by atoms with E-state index in [0.29, 0.717) is 17.5 Å². The van der Waals surface area contributed by atoms with Crippen LogP contribution in [0.3, 0.4) is 0 Å². The van der Waals surface area contributed by atoms with Crippen LogP contribution in [0.1, 0.15) is 29.3 Å². The highest BCUT2D eigenvalue weighted by Gasteiger charge is 2.13. The molecule has 3 nitrogen and oxygen atoms in total. The number of aliphatic hydroxyl groups excluding tert-OH is 1. The number of nitrogens with one attached hydrogen (secondary N) is 1. The Kier molecular flexibility index (Phi) is 4.43. The van der Waals surface area contributed by atoms with Crippen LogP contribution >= 0.6 is 0 Å². The molecule has 0 saturated heterocycles. The van der Waals surface area contributed by atoms with Gasteiger partial charge in [0, 0.05) is 5.56 Å². The molecule has 0 aliphatic rings. The topological polar surface area (TPSA) is 49.3 Å². The van der Waals surface area contributed by atoms with Crippen molar-refractivity contribution in [2.75, 3.05) is 6.61 Å². The number of carbonyl (C=O) groups excluding carboxylic acids is 1. The summed E-state index contributed by atoms with van der Waals surface area (Å²) in [6, 6.07) is 3.80. The molecular weight excluding hydrogens is 209 g/mol. The molecule has 0 bridgehead atoms. The zero-order valence-electron chi connectivity index (χ0n) is 9.46. The molecule has 0 aliphatic heterocycles. The molecule has 0 unspecified atom stereocenters.